The number of thiophene rings is 1. The molecule has 0 bridgehead atoms. The minimum atomic E-state index is -0.119. The molecule has 0 saturated heterocycles. The number of benzene rings is 1. The van der Waals surface area contributed by atoms with Crippen molar-refractivity contribution in [3.8, 4) is 11.8 Å². The predicted molar refractivity (Wildman–Crippen MR) is 74.6 cm³/mol. The second-order valence-electron chi connectivity index (χ2n) is 3.49. The first-order valence-electron chi connectivity index (χ1n) is 5.45. The van der Waals surface area contributed by atoms with Crippen molar-refractivity contribution < 1.29 is 4.79 Å². The lowest BCUT2D eigenvalue weighted by Gasteiger charge is -2.01. The summed E-state index contributed by atoms with van der Waals surface area (Å²) in [6, 6.07) is 12.9. The molecule has 4 heteroatoms. The third kappa shape index (κ3) is 3.20. The zero-order chi connectivity index (χ0) is 12.8. The van der Waals surface area contributed by atoms with Crippen molar-refractivity contribution in [2.24, 2.45) is 5.73 Å². The smallest absolute Gasteiger partial charge is 0.265 e. The Morgan fingerprint density at radius 2 is 2.00 bits per heavy atom. The normalized spacial score (nSPS) is 9.39. The maximum absolute atomic E-state index is 11.9. The average Bonchev–Trinajstić information content (AvgIpc) is 2.86. The fraction of sp³-hybridized carbons (Fsp3) is 0.0714. The minimum absolute atomic E-state index is 0.119. The van der Waals surface area contributed by atoms with Crippen LogP contribution < -0.4 is 11.1 Å². The molecule has 0 aliphatic carbocycles. The van der Waals surface area contributed by atoms with Crippen molar-refractivity contribution in [1.29, 1.82) is 0 Å². The van der Waals surface area contributed by atoms with Crippen LogP contribution in [-0.2, 0) is 0 Å². The number of nitrogens with one attached hydrogen (secondary N) is 1. The van der Waals surface area contributed by atoms with Crippen LogP contribution in [0, 0.1) is 11.8 Å². The van der Waals surface area contributed by atoms with Gasteiger partial charge in [-0.1, -0.05) is 30.0 Å². The summed E-state index contributed by atoms with van der Waals surface area (Å²) in [5.74, 6) is 5.55. The van der Waals surface area contributed by atoms with E-state index in [1.54, 1.807) is 6.07 Å². The Morgan fingerprint density at radius 1 is 1.22 bits per heavy atom. The number of hydrogen-bond donors (Lipinski definition) is 2. The fourth-order valence-corrected chi connectivity index (χ4v) is 2.16. The van der Waals surface area contributed by atoms with Gasteiger partial charge in [0.2, 0.25) is 0 Å². The van der Waals surface area contributed by atoms with E-state index < -0.39 is 0 Å². The summed E-state index contributed by atoms with van der Waals surface area (Å²) in [5, 5.41) is 2.83. The molecule has 0 atom stereocenters. The number of amides is 1. The second kappa shape index (κ2) is 6.01. The Labute approximate surface area is 110 Å². The number of hydrogen-bond acceptors (Lipinski definition) is 3. The highest BCUT2D eigenvalue weighted by Gasteiger charge is 2.08. The van der Waals surface area contributed by atoms with Crippen molar-refractivity contribution in [3.05, 3.63) is 52.2 Å². The van der Waals surface area contributed by atoms with Gasteiger partial charge >= 0.3 is 0 Å². The highest BCUT2D eigenvalue weighted by Crippen LogP contribution is 2.17. The van der Waals surface area contributed by atoms with E-state index in [4.69, 9.17) is 5.73 Å². The van der Waals surface area contributed by atoms with Gasteiger partial charge < -0.3 is 11.1 Å². The van der Waals surface area contributed by atoms with Gasteiger partial charge in [-0.2, -0.15) is 0 Å². The van der Waals surface area contributed by atoms with E-state index in [0.717, 1.165) is 10.6 Å². The Hall–Kier alpha value is -2.09. The van der Waals surface area contributed by atoms with Gasteiger partial charge in [0.25, 0.3) is 5.91 Å². The molecule has 0 radical (unpaired) electrons. The summed E-state index contributed by atoms with van der Waals surface area (Å²) < 4.78 is 0. The number of carbonyl (C=O) groups excluding carboxylic acids is 1. The van der Waals surface area contributed by atoms with Gasteiger partial charge in [-0.15, -0.1) is 11.3 Å². The first kappa shape index (κ1) is 12.4. The van der Waals surface area contributed by atoms with Crippen LogP contribution in [0.2, 0.25) is 0 Å². The van der Waals surface area contributed by atoms with Crippen LogP contribution in [0.5, 0.6) is 0 Å². The zero-order valence-corrected chi connectivity index (χ0v) is 10.5. The molecule has 0 aliphatic rings. The topological polar surface area (TPSA) is 55.1 Å². The van der Waals surface area contributed by atoms with E-state index >= 15 is 0 Å². The molecule has 1 amide bonds. The van der Waals surface area contributed by atoms with E-state index in [1.807, 2.05) is 36.4 Å². The molecule has 18 heavy (non-hydrogen) atoms. The summed E-state index contributed by atoms with van der Waals surface area (Å²) in [6.07, 6.45) is 0. The molecule has 3 nitrogen and oxygen atoms in total. The molecular weight excluding hydrogens is 244 g/mol. The van der Waals surface area contributed by atoms with Crippen molar-refractivity contribution >= 4 is 22.9 Å². The lowest BCUT2D eigenvalue weighted by molar-refractivity contribution is 0.103. The van der Waals surface area contributed by atoms with Crippen LogP contribution in [0.4, 0.5) is 5.69 Å². The highest BCUT2D eigenvalue weighted by molar-refractivity contribution is 7.14. The standard InChI is InChI=1S/C14H12N2OS/c15-10-4-7-12-8-9-13(18-12)14(17)16-11-5-2-1-3-6-11/h1-3,5-6,8-9H,10,15H2,(H,16,17). The summed E-state index contributed by atoms with van der Waals surface area (Å²) in [7, 11) is 0. The lowest BCUT2D eigenvalue weighted by Crippen LogP contribution is -2.09. The first-order valence-corrected chi connectivity index (χ1v) is 6.26. The van der Waals surface area contributed by atoms with Crippen LogP contribution in [0.15, 0.2) is 42.5 Å². The van der Waals surface area contributed by atoms with Crippen molar-refractivity contribution in [2.75, 3.05) is 11.9 Å². The highest BCUT2D eigenvalue weighted by atomic mass is 32.1. The van der Waals surface area contributed by atoms with Gasteiger partial charge in [0.15, 0.2) is 0 Å². The third-order valence-corrected chi connectivity index (χ3v) is 3.17. The molecule has 1 aromatic heterocycles. The van der Waals surface area contributed by atoms with Crippen molar-refractivity contribution in [3.63, 3.8) is 0 Å². The van der Waals surface area contributed by atoms with Crippen LogP contribution >= 0.6 is 11.3 Å². The number of nitrogens with two attached hydrogens (primary N) is 1. The monoisotopic (exact) mass is 256 g/mol. The van der Waals surface area contributed by atoms with E-state index in [9.17, 15) is 4.79 Å². The number of carbonyl (C=O) groups is 1. The van der Waals surface area contributed by atoms with E-state index in [2.05, 4.69) is 17.2 Å². The van der Waals surface area contributed by atoms with E-state index in [0.29, 0.717) is 11.4 Å². The summed E-state index contributed by atoms with van der Waals surface area (Å²) in [4.78, 5) is 13.4. The Bertz CT molecular complexity index is 593. The van der Waals surface area contributed by atoms with Crippen molar-refractivity contribution in [2.45, 2.75) is 0 Å². The SMILES string of the molecule is NCC#Cc1ccc(C(=O)Nc2ccccc2)s1. The largest absolute Gasteiger partial charge is 0.321 e. The summed E-state index contributed by atoms with van der Waals surface area (Å²) in [5.41, 5.74) is 6.08. The van der Waals surface area contributed by atoms with Gasteiger partial charge in [-0.05, 0) is 24.3 Å². The molecule has 1 aromatic carbocycles. The molecule has 2 rings (SSSR count). The first-order chi connectivity index (χ1) is 8.79. The van der Waals surface area contributed by atoms with Crippen molar-refractivity contribution in [1.82, 2.24) is 0 Å². The van der Waals surface area contributed by atoms with Gasteiger partial charge in [0.05, 0.1) is 16.3 Å². The van der Waals surface area contributed by atoms with Crippen LogP contribution in [0.1, 0.15) is 14.5 Å². The molecule has 2 aromatic rings. The maximum Gasteiger partial charge on any atom is 0.265 e. The molecule has 0 fully saturated rings. The van der Waals surface area contributed by atoms with Gasteiger partial charge in [0.1, 0.15) is 0 Å². The average molecular weight is 256 g/mol. The number of anilines is 1. The Kier molecular flexibility index (Phi) is 4.13. The third-order valence-electron chi connectivity index (χ3n) is 2.18. The molecule has 0 saturated carbocycles. The molecule has 90 valence electrons. The molecule has 0 unspecified atom stereocenters. The maximum atomic E-state index is 11.9. The molecular formula is C14H12N2OS. The Balaban J connectivity index is 2.08. The zero-order valence-electron chi connectivity index (χ0n) is 9.64. The van der Waals surface area contributed by atoms with E-state index in [1.165, 1.54) is 11.3 Å². The second-order valence-corrected chi connectivity index (χ2v) is 4.57. The Morgan fingerprint density at radius 3 is 2.72 bits per heavy atom. The predicted octanol–water partition coefficient (Wildman–Crippen LogP) is 2.31. The van der Waals surface area contributed by atoms with Gasteiger partial charge in [-0.25, -0.2) is 0 Å². The summed E-state index contributed by atoms with van der Waals surface area (Å²) in [6.45, 7) is 0.323. The number of para-hydroxylation sites is 1. The van der Waals surface area contributed by atoms with Gasteiger partial charge in [0, 0.05) is 5.69 Å². The van der Waals surface area contributed by atoms with E-state index in [-0.39, 0.29) is 5.91 Å². The van der Waals surface area contributed by atoms with Crippen LogP contribution in [0.3, 0.4) is 0 Å². The van der Waals surface area contributed by atoms with Crippen LogP contribution in [-0.4, -0.2) is 12.5 Å². The molecule has 0 aliphatic heterocycles. The molecule has 1 heterocycles. The fourth-order valence-electron chi connectivity index (χ4n) is 1.38. The lowest BCUT2D eigenvalue weighted by atomic mass is 10.3. The summed E-state index contributed by atoms with van der Waals surface area (Å²) >= 11 is 1.36. The molecule has 3 N–H and O–H groups in total. The molecule has 0 spiro atoms. The number of rotatable bonds is 2. The quantitative estimate of drug-likeness (QED) is 0.810. The van der Waals surface area contributed by atoms with Gasteiger partial charge in [-0.3, -0.25) is 4.79 Å². The van der Waals surface area contributed by atoms with Crippen LogP contribution in [0.25, 0.3) is 0 Å². The minimum Gasteiger partial charge on any atom is -0.321 e.